The van der Waals surface area contributed by atoms with Crippen LogP contribution in [0.2, 0.25) is 0 Å². The van der Waals surface area contributed by atoms with Crippen molar-refractivity contribution in [2.75, 3.05) is 5.75 Å². The molecule has 5 nitrogen and oxygen atoms in total. The number of carbonyl (C=O) groups is 2. The number of fused-ring (bicyclic) bond motifs is 1. The largest absolute Gasteiger partial charge is 0.448 e. The number of thioether (sulfide) groups is 1. The van der Waals surface area contributed by atoms with Crippen molar-refractivity contribution in [1.82, 2.24) is 4.90 Å². The van der Waals surface area contributed by atoms with Gasteiger partial charge in [0.1, 0.15) is 5.70 Å². The zero-order chi connectivity index (χ0) is 19.7. The highest BCUT2D eigenvalue weighted by atomic mass is 32.2. The van der Waals surface area contributed by atoms with Crippen LogP contribution in [0.5, 0.6) is 0 Å². The van der Waals surface area contributed by atoms with E-state index in [1.165, 1.54) is 16.7 Å². The molecule has 2 aliphatic heterocycles. The third kappa shape index (κ3) is 3.08. The quantitative estimate of drug-likeness (QED) is 0.453. The highest BCUT2D eigenvalue weighted by Crippen LogP contribution is 2.42. The van der Waals surface area contributed by atoms with E-state index in [9.17, 15) is 9.59 Å². The molecule has 6 heteroatoms. The molecule has 4 rings (SSSR count). The number of hydrogen-bond acceptors (Lipinski definition) is 4. The number of ether oxygens (including phenoxy) is 1. The summed E-state index contributed by atoms with van der Waals surface area (Å²) in [5, 5.41) is -0.303. The first-order valence-electron chi connectivity index (χ1n) is 8.93. The molecule has 0 aromatic heterocycles. The second-order valence-electron chi connectivity index (χ2n) is 6.72. The Balaban J connectivity index is 1.65. The summed E-state index contributed by atoms with van der Waals surface area (Å²) in [5.41, 5.74) is 2.79. The van der Waals surface area contributed by atoms with Crippen molar-refractivity contribution in [3.8, 4) is 0 Å². The van der Waals surface area contributed by atoms with E-state index in [1.54, 1.807) is 0 Å². The number of nitrogens with zero attached hydrogens (tertiary/aromatic N) is 2. The summed E-state index contributed by atoms with van der Waals surface area (Å²) < 4.78 is 5.92. The molecule has 0 unspecified atom stereocenters. The highest BCUT2D eigenvalue weighted by Gasteiger charge is 2.58. The normalized spacial score (nSPS) is 21.0. The lowest BCUT2D eigenvalue weighted by Gasteiger charge is -2.43. The molecule has 0 bridgehead atoms. The maximum absolute atomic E-state index is 13.1. The van der Waals surface area contributed by atoms with Gasteiger partial charge in [-0.05, 0) is 23.6 Å². The Hall–Kier alpha value is -3.04. The monoisotopic (exact) mass is 390 g/mol. The lowest BCUT2D eigenvalue weighted by molar-refractivity contribution is -0.152. The van der Waals surface area contributed by atoms with Gasteiger partial charge in [-0.1, -0.05) is 60.7 Å². The number of hydrogen-bond donors (Lipinski definition) is 0. The van der Waals surface area contributed by atoms with Gasteiger partial charge in [-0.3, -0.25) is 14.5 Å². The fourth-order valence-corrected chi connectivity index (χ4v) is 4.75. The predicted molar refractivity (Wildman–Crippen MR) is 107 cm³/mol. The first kappa shape index (κ1) is 18.3. The fourth-order valence-electron chi connectivity index (χ4n) is 3.48. The zero-order valence-electron chi connectivity index (χ0n) is 15.2. The van der Waals surface area contributed by atoms with Gasteiger partial charge in [0.2, 0.25) is 0 Å². The van der Waals surface area contributed by atoms with Crippen LogP contribution in [0.25, 0.3) is 4.85 Å². The molecule has 0 N–H and O–H groups in total. The van der Waals surface area contributed by atoms with Crippen LogP contribution in [0.15, 0.2) is 71.9 Å². The third-order valence-corrected chi connectivity index (χ3v) is 6.30. The van der Waals surface area contributed by atoms with Crippen molar-refractivity contribution in [2.45, 2.75) is 24.4 Å². The molecule has 28 heavy (non-hydrogen) atoms. The van der Waals surface area contributed by atoms with Crippen molar-refractivity contribution in [3.63, 3.8) is 0 Å². The first-order valence-corrected chi connectivity index (χ1v) is 9.98. The molecule has 2 atom stereocenters. The van der Waals surface area contributed by atoms with E-state index in [1.807, 2.05) is 67.6 Å². The van der Waals surface area contributed by atoms with Crippen molar-refractivity contribution in [1.29, 1.82) is 0 Å². The molecular formula is C22H18N2O3S. The van der Waals surface area contributed by atoms with Crippen LogP contribution in [-0.2, 0) is 14.3 Å². The number of carbonyl (C=O) groups excluding carboxylic acids is 2. The summed E-state index contributed by atoms with van der Waals surface area (Å²) in [7, 11) is 0. The van der Waals surface area contributed by atoms with E-state index in [0.717, 1.165) is 16.7 Å². The minimum atomic E-state index is -0.708. The Labute approximate surface area is 167 Å². The average molecular weight is 390 g/mol. The molecule has 0 saturated carbocycles. The van der Waals surface area contributed by atoms with Gasteiger partial charge in [0, 0.05) is 5.75 Å². The number of amides is 1. The van der Waals surface area contributed by atoms with Crippen LogP contribution in [-0.4, -0.2) is 33.9 Å². The van der Waals surface area contributed by atoms with Gasteiger partial charge < -0.3 is 4.74 Å². The van der Waals surface area contributed by atoms with Gasteiger partial charge in [-0.2, -0.15) is 0 Å². The Bertz CT molecular complexity index is 942. The van der Waals surface area contributed by atoms with Gasteiger partial charge in [0.05, 0.1) is 0 Å². The molecule has 2 aromatic rings. The topological polar surface area (TPSA) is 51.0 Å². The minimum Gasteiger partial charge on any atom is -0.448 e. The number of β-lactam (4-membered cyclic amide) rings is 1. The first-order chi connectivity index (χ1) is 13.6. The molecule has 2 heterocycles. The van der Waals surface area contributed by atoms with Gasteiger partial charge in [-0.25, -0.2) is 11.4 Å². The lowest BCUT2D eigenvalue weighted by Crippen LogP contribution is -2.63. The average Bonchev–Trinajstić information content (AvgIpc) is 2.73. The summed E-state index contributed by atoms with van der Waals surface area (Å²) in [6.45, 7) is 9.04. The lowest BCUT2D eigenvalue weighted by atomic mass is 10.0. The molecular weight excluding hydrogens is 372 g/mol. The Morgan fingerprint density at radius 2 is 1.71 bits per heavy atom. The molecule has 2 aliphatic rings. The van der Waals surface area contributed by atoms with Crippen LogP contribution < -0.4 is 0 Å². The summed E-state index contributed by atoms with van der Waals surface area (Å²) in [6.07, 6.45) is -0.573. The molecule has 2 aromatic carbocycles. The van der Waals surface area contributed by atoms with Crippen LogP contribution >= 0.6 is 11.8 Å². The van der Waals surface area contributed by atoms with E-state index in [2.05, 4.69) is 4.85 Å². The Morgan fingerprint density at radius 3 is 2.25 bits per heavy atom. The summed E-state index contributed by atoms with van der Waals surface area (Å²) >= 11 is 1.52. The van der Waals surface area contributed by atoms with Gasteiger partial charge in [-0.15, -0.1) is 11.8 Å². The molecule has 1 fully saturated rings. The highest BCUT2D eigenvalue weighted by molar-refractivity contribution is 8.00. The van der Waals surface area contributed by atoms with Crippen molar-refractivity contribution < 1.29 is 14.3 Å². The molecule has 1 amide bonds. The van der Waals surface area contributed by atoms with Gasteiger partial charge in [0.15, 0.2) is 11.5 Å². The van der Waals surface area contributed by atoms with E-state index in [-0.39, 0.29) is 17.0 Å². The van der Waals surface area contributed by atoms with Gasteiger partial charge in [0.25, 0.3) is 0 Å². The van der Waals surface area contributed by atoms with E-state index in [0.29, 0.717) is 5.75 Å². The maximum atomic E-state index is 13.1. The number of esters is 1. The SMILES string of the molecule is [C-]#[N+][C@@H]1C(=O)N2C(C(=O)OC(c3ccccc3)c3ccccc3)=C(C)CS[C@H]12. The van der Waals surface area contributed by atoms with E-state index < -0.39 is 18.1 Å². The molecule has 0 aliphatic carbocycles. The second-order valence-corrected chi connectivity index (χ2v) is 7.82. The smallest absolute Gasteiger partial charge is 0.356 e. The molecule has 1 saturated heterocycles. The standard InChI is InChI=1S/C22H18N2O3S/c1-14-13-28-21-17(23-2)20(25)24(21)18(14)22(26)27-19(15-9-5-3-6-10-15)16-11-7-4-8-12-16/h3-12,17,19,21H,13H2,1H3/t17-,21-/m1/s1. The van der Waals surface area contributed by atoms with E-state index >= 15 is 0 Å². The summed E-state index contributed by atoms with van der Waals surface area (Å²) in [6, 6.07) is 18.4. The van der Waals surface area contributed by atoms with Crippen molar-refractivity contribution in [2.24, 2.45) is 0 Å². The molecule has 140 valence electrons. The van der Waals surface area contributed by atoms with Crippen LogP contribution in [0.1, 0.15) is 24.2 Å². The predicted octanol–water partition coefficient (Wildman–Crippen LogP) is 3.80. The minimum absolute atomic E-state index is 0.283. The van der Waals surface area contributed by atoms with Crippen molar-refractivity contribution >= 4 is 23.6 Å². The van der Waals surface area contributed by atoms with Crippen molar-refractivity contribution in [3.05, 3.63) is 94.5 Å². The summed E-state index contributed by atoms with van der Waals surface area (Å²) in [5.74, 6) is -0.251. The second kappa shape index (κ2) is 7.53. The Kier molecular flexibility index (Phi) is 4.93. The molecule has 0 spiro atoms. The Morgan fingerprint density at radius 1 is 1.14 bits per heavy atom. The van der Waals surface area contributed by atoms with Gasteiger partial charge >= 0.3 is 17.9 Å². The number of rotatable bonds is 4. The van der Waals surface area contributed by atoms with Crippen LogP contribution in [0, 0.1) is 6.57 Å². The van der Waals surface area contributed by atoms with Crippen LogP contribution in [0.4, 0.5) is 0 Å². The number of benzene rings is 2. The van der Waals surface area contributed by atoms with E-state index in [4.69, 9.17) is 11.3 Å². The maximum Gasteiger partial charge on any atom is 0.356 e. The summed E-state index contributed by atoms with van der Waals surface area (Å²) in [4.78, 5) is 30.3. The zero-order valence-corrected chi connectivity index (χ0v) is 16.1. The third-order valence-electron chi connectivity index (χ3n) is 4.89. The van der Waals surface area contributed by atoms with Crippen LogP contribution in [0.3, 0.4) is 0 Å². The molecule has 0 radical (unpaired) electrons. The fraction of sp³-hybridized carbons (Fsp3) is 0.227.